The van der Waals surface area contributed by atoms with Crippen molar-refractivity contribution >= 4 is 11.6 Å². The van der Waals surface area contributed by atoms with E-state index >= 15 is 0 Å². The molecule has 0 atom stereocenters. The Morgan fingerprint density at radius 2 is 1.81 bits per heavy atom. The van der Waals surface area contributed by atoms with E-state index in [1.165, 1.54) is 12.1 Å². The lowest BCUT2D eigenvalue weighted by Crippen LogP contribution is -2.26. The molecular formula is C20H27FN4O. The molecule has 0 aromatic heterocycles. The Bertz CT molecular complexity index is 699. The summed E-state index contributed by atoms with van der Waals surface area (Å²) < 4.78 is 18.5. The summed E-state index contributed by atoms with van der Waals surface area (Å²) in [6.07, 6.45) is 0.146. The number of hydrogen-bond donors (Lipinski definition) is 2. The number of nitrogens with two attached hydrogens (primary N) is 1. The summed E-state index contributed by atoms with van der Waals surface area (Å²) in [7, 11) is 2.00. The molecule has 3 N–H and O–H groups in total. The SMILES string of the molecule is CC(C)Oc1ccc(NC(N)=NCCN(C)Cc2ccc(F)cc2)cc1. The second-order valence-electron chi connectivity index (χ2n) is 6.45. The van der Waals surface area contributed by atoms with E-state index in [1.807, 2.05) is 45.2 Å². The van der Waals surface area contributed by atoms with Crippen LogP contribution in [0.4, 0.5) is 10.1 Å². The van der Waals surface area contributed by atoms with Gasteiger partial charge in [0, 0.05) is 18.8 Å². The van der Waals surface area contributed by atoms with E-state index in [2.05, 4.69) is 15.2 Å². The monoisotopic (exact) mass is 358 g/mol. The third-order valence-electron chi connectivity index (χ3n) is 3.63. The molecule has 0 bridgehead atoms. The highest BCUT2D eigenvalue weighted by Crippen LogP contribution is 2.16. The van der Waals surface area contributed by atoms with Crippen molar-refractivity contribution in [1.82, 2.24) is 4.90 Å². The number of rotatable bonds is 8. The predicted octanol–water partition coefficient (Wildman–Crippen LogP) is 3.47. The van der Waals surface area contributed by atoms with Crippen LogP contribution in [-0.4, -0.2) is 37.1 Å². The largest absolute Gasteiger partial charge is 0.491 e. The molecule has 5 nitrogen and oxygen atoms in total. The first-order valence-electron chi connectivity index (χ1n) is 8.69. The Morgan fingerprint density at radius 3 is 2.42 bits per heavy atom. The van der Waals surface area contributed by atoms with Crippen molar-refractivity contribution in [2.75, 3.05) is 25.5 Å². The molecule has 0 saturated heterocycles. The van der Waals surface area contributed by atoms with Crippen molar-refractivity contribution in [2.45, 2.75) is 26.5 Å². The van der Waals surface area contributed by atoms with Gasteiger partial charge >= 0.3 is 0 Å². The summed E-state index contributed by atoms with van der Waals surface area (Å²) in [6, 6.07) is 14.1. The molecule has 2 aromatic carbocycles. The molecule has 140 valence electrons. The third-order valence-corrected chi connectivity index (χ3v) is 3.63. The Hall–Kier alpha value is -2.60. The van der Waals surface area contributed by atoms with Crippen LogP contribution in [0.3, 0.4) is 0 Å². The van der Waals surface area contributed by atoms with Gasteiger partial charge in [-0.25, -0.2) is 4.39 Å². The van der Waals surface area contributed by atoms with Gasteiger partial charge < -0.3 is 20.7 Å². The van der Waals surface area contributed by atoms with Crippen LogP contribution in [0.15, 0.2) is 53.5 Å². The number of nitrogens with one attached hydrogen (secondary N) is 1. The van der Waals surface area contributed by atoms with E-state index in [-0.39, 0.29) is 11.9 Å². The average Bonchev–Trinajstić information content (AvgIpc) is 2.58. The van der Waals surface area contributed by atoms with Crippen molar-refractivity contribution in [3.8, 4) is 5.75 Å². The fourth-order valence-electron chi connectivity index (χ4n) is 2.40. The highest BCUT2D eigenvalue weighted by Gasteiger charge is 2.02. The molecule has 0 fully saturated rings. The van der Waals surface area contributed by atoms with Crippen molar-refractivity contribution in [2.24, 2.45) is 10.7 Å². The molecule has 2 aromatic rings. The van der Waals surface area contributed by atoms with Gasteiger partial charge in [0.15, 0.2) is 5.96 Å². The Balaban J connectivity index is 1.76. The molecule has 26 heavy (non-hydrogen) atoms. The number of nitrogens with zero attached hydrogens (tertiary/aromatic N) is 2. The number of aliphatic imine (C=N–C) groups is 1. The van der Waals surface area contributed by atoms with Crippen LogP contribution in [0.2, 0.25) is 0 Å². The van der Waals surface area contributed by atoms with Gasteiger partial charge in [-0.2, -0.15) is 0 Å². The lowest BCUT2D eigenvalue weighted by atomic mass is 10.2. The maximum Gasteiger partial charge on any atom is 0.193 e. The van der Waals surface area contributed by atoms with Gasteiger partial charge in [-0.3, -0.25) is 4.99 Å². The van der Waals surface area contributed by atoms with E-state index in [0.717, 1.165) is 30.1 Å². The molecule has 2 rings (SSSR count). The Labute approximate surface area is 154 Å². The number of ether oxygens (including phenoxy) is 1. The first kappa shape index (κ1) is 19.7. The minimum Gasteiger partial charge on any atom is -0.491 e. The van der Waals surface area contributed by atoms with Crippen molar-refractivity contribution < 1.29 is 9.13 Å². The zero-order chi connectivity index (χ0) is 18.9. The predicted molar refractivity (Wildman–Crippen MR) is 105 cm³/mol. The zero-order valence-electron chi connectivity index (χ0n) is 15.6. The topological polar surface area (TPSA) is 62.9 Å². The van der Waals surface area contributed by atoms with E-state index in [0.29, 0.717) is 12.5 Å². The Morgan fingerprint density at radius 1 is 1.15 bits per heavy atom. The van der Waals surface area contributed by atoms with Crippen LogP contribution in [0, 0.1) is 5.82 Å². The maximum absolute atomic E-state index is 12.9. The molecule has 0 aliphatic carbocycles. The zero-order valence-corrected chi connectivity index (χ0v) is 15.6. The molecule has 0 saturated carbocycles. The number of likely N-dealkylation sites (N-methyl/N-ethyl adjacent to an activating group) is 1. The standard InChI is InChI=1S/C20H27FN4O/c1-15(2)26-19-10-8-18(9-11-19)24-20(22)23-12-13-25(3)14-16-4-6-17(21)7-5-16/h4-11,15H,12-14H2,1-3H3,(H3,22,23,24). The maximum atomic E-state index is 12.9. The molecule has 0 spiro atoms. The minimum atomic E-state index is -0.219. The highest BCUT2D eigenvalue weighted by molar-refractivity contribution is 5.92. The molecule has 6 heteroatoms. The minimum absolute atomic E-state index is 0.146. The number of hydrogen-bond acceptors (Lipinski definition) is 3. The van der Waals surface area contributed by atoms with Crippen LogP contribution >= 0.6 is 0 Å². The van der Waals surface area contributed by atoms with Crippen LogP contribution in [0.5, 0.6) is 5.75 Å². The van der Waals surface area contributed by atoms with Crippen LogP contribution in [0.1, 0.15) is 19.4 Å². The summed E-state index contributed by atoms with van der Waals surface area (Å²) >= 11 is 0. The summed E-state index contributed by atoms with van der Waals surface area (Å²) in [5.41, 5.74) is 7.85. The second kappa shape index (κ2) is 9.77. The molecule has 0 unspecified atom stereocenters. The summed E-state index contributed by atoms with van der Waals surface area (Å²) in [5.74, 6) is 0.977. The van der Waals surface area contributed by atoms with E-state index in [9.17, 15) is 4.39 Å². The quantitative estimate of drug-likeness (QED) is 0.560. The third kappa shape index (κ3) is 7.11. The fraction of sp³-hybridized carbons (Fsp3) is 0.350. The lowest BCUT2D eigenvalue weighted by molar-refractivity contribution is 0.242. The van der Waals surface area contributed by atoms with Gasteiger partial charge in [-0.05, 0) is 62.9 Å². The molecule has 0 amide bonds. The normalized spacial score (nSPS) is 11.8. The van der Waals surface area contributed by atoms with Gasteiger partial charge in [0.1, 0.15) is 11.6 Å². The highest BCUT2D eigenvalue weighted by atomic mass is 19.1. The van der Waals surface area contributed by atoms with E-state index in [4.69, 9.17) is 10.5 Å². The average molecular weight is 358 g/mol. The first-order valence-corrected chi connectivity index (χ1v) is 8.69. The molecule has 0 aliphatic rings. The van der Waals surface area contributed by atoms with Crippen molar-refractivity contribution in [3.63, 3.8) is 0 Å². The van der Waals surface area contributed by atoms with Gasteiger partial charge in [0.05, 0.1) is 12.6 Å². The van der Waals surface area contributed by atoms with Crippen LogP contribution in [-0.2, 0) is 6.54 Å². The van der Waals surface area contributed by atoms with Gasteiger partial charge in [0.2, 0.25) is 0 Å². The van der Waals surface area contributed by atoms with Crippen molar-refractivity contribution in [3.05, 3.63) is 59.9 Å². The van der Waals surface area contributed by atoms with Crippen LogP contribution in [0.25, 0.3) is 0 Å². The van der Waals surface area contributed by atoms with E-state index < -0.39 is 0 Å². The summed E-state index contributed by atoms with van der Waals surface area (Å²) in [4.78, 5) is 6.45. The van der Waals surface area contributed by atoms with Gasteiger partial charge in [-0.15, -0.1) is 0 Å². The Kier molecular flexibility index (Phi) is 7.41. The number of guanidine groups is 1. The first-order chi connectivity index (χ1) is 12.4. The smallest absolute Gasteiger partial charge is 0.193 e. The molecule has 0 aliphatic heterocycles. The molecular weight excluding hydrogens is 331 g/mol. The lowest BCUT2D eigenvalue weighted by Gasteiger charge is -2.15. The van der Waals surface area contributed by atoms with Gasteiger partial charge in [-0.1, -0.05) is 12.1 Å². The van der Waals surface area contributed by atoms with Crippen LogP contribution < -0.4 is 15.8 Å². The second-order valence-corrected chi connectivity index (χ2v) is 6.45. The molecule has 0 heterocycles. The summed E-state index contributed by atoms with van der Waals surface area (Å²) in [6.45, 7) is 6.04. The van der Waals surface area contributed by atoms with Crippen molar-refractivity contribution in [1.29, 1.82) is 0 Å². The molecule has 0 radical (unpaired) electrons. The van der Waals surface area contributed by atoms with E-state index in [1.54, 1.807) is 12.1 Å². The van der Waals surface area contributed by atoms with Gasteiger partial charge in [0.25, 0.3) is 0 Å². The number of benzene rings is 2. The number of anilines is 1. The number of halogens is 1. The summed E-state index contributed by atoms with van der Waals surface area (Å²) in [5, 5.41) is 3.06. The fourth-order valence-corrected chi connectivity index (χ4v) is 2.40.